The summed E-state index contributed by atoms with van der Waals surface area (Å²) in [5.41, 5.74) is 4.18. The fourth-order valence-electron chi connectivity index (χ4n) is 7.44. The third kappa shape index (κ3) is 7.98. The Hall–Kier alpha value is -3.01. The van der Waals surface area contributed by atoms with Gasteiger partial charge in [-0.25, -0.2) is 8.78 Å². The standard InChI is InChI=1S/C40H49F3O/c1-3-5-6-7-8-26-44-38-25-24-36(39(42)40(38)43)33-20-16-31(17-21-33)34-22-23-35(37(41)27-34)32-18-14-30(15-19-32)29-12-10-28(9-4-2)11-13-29/h16-18,20-25,27-30H,3-15,19,26H2,1-2H3. The smallest absolute Gasteiger partial charge is 0.201 e. The van der Waals surface area contributed by atoms with Crippen LogP contribution in [0.2, 0.25) is 0 Å². The second-order valence-electron chi connectivity index (χ2n) is 13.1. The Morgan fingerprint density at radius 1 is 0.659 bits per heavy atom. The van der Waals surface area contributed by atoms with Crippen molar-refractivity contribution in [3.8, 4) is 28.0 Å². The lowest BCUT2D eigenvalue weighted by atomic mass is 9.70. The molecular weight excluding hydrogens is 553 g/mol. The van der Waals surface area contributed by atoms with E-state index in [9.17, 15) is 8.78 Å². The summed E-state index contributed by atoms with van der Waals surface area (Å²) in [6.07, 6.45) is 18.9. The fraction of sp³-hybridized carbons (Fsp3) is 0.500. The van der Waals surface area contributed by atoms with Gasteiger partial charge in [-0.2, -0.15) is 4.39 Å². The predicted molar refractivity (Wildman–Crippen MR) is 177 cm³/mol. The summed E-state index contributed by atoms with van der Waals surface area (Å²) >= 11 is 0. The molecule has 236 valence electrons. The van der Waals surface area contributed by atoms with Gasteiger partial charge in [0.25, 0.3) is 0 Å². The first kappa shape index (κ1) is 32.4. The van der Waals surface area contributed by atoms with E-state index < -0.39 is 11.6 Å². The highest BCUT2D eigenvalue weighted by Gasteiger charge is 2.29. The van der Waals surface area contributed by atoms with Gasteiger partial charge in [-0.1, -0.05) is 108 Å². The van der Waals surface area contributed by atoms with Crippen LogP contribution < -0.4 is 4.74 Å². The Labute approximate surface area is 262 Å². The molecule has 0 aromatic heterocycles. The Kier molecular flexibility index (Phi) is 11.6. The summed E-state index contributed by atoms with van der Waals surface area (Å²) < 4.78 is 50.7. The topological polar surface area (TPSA) is 9.23 Å². The minimum atomic E-state index is -0.958. The molecule has 1 unspecified atom stereocenters. The highest BCUT2D eigenvalue weighted by Crippen LogP contribution is 2.42. The van der Waals surface area contributed by atoms with Gasteiger partial charge in [-0.15, -0.1) is 0 Å². The van der Waals surface area contributed by atoms with Crippen molar-refractivity contribution in [1.82, 2.24) is 0 Å². The molecule has 3 aromatic carbocycles. The molecule has 44 heavy (non-hydrogen) atoms. The summed E-state index contributed by atoms with van der Waals surface area (Å²) in [6, 6.07) is 15.7. The fourth-order valence-corrected chi connectivity index (χ4v) is 7.44. The number of halogens is 3. The van der Waals surface area contributed by atoms with E-state index in [-0.39, 0.29) is 17.1 Å². The number of hydrogen-bond donors (Lipinski definition) is 0. The zero-order valence-electron chi connectivity index (χ0n) is 26.7. The molecule has 0 bridgehead atoms. The van der Waals surface area contributed by atoms with Gasteiger partial charge in [0.05, 0.1) is 6.61 Å². The van der Waals surface area contributed by atoms with E-state index in [2.05, 4.69) is 19.9 Å². The SMILES string of the molecule is CCCCCCCOc1ccc(-c2ccc(-c3ccc(C4=CCC(C5CCC(CCC)CC5)CC4)c(F)c3)cc2)c(F)c1F. The van der Waals surface area contributed by atoms with Crippen molar-refractivity contribution in [3.05, 3.63) is 83.7 Å². The third-order valence-corrected chi connectivity index (χ3v) is 10.1. The molecule has 0 N–H and O–H groups in total. The van der Waals surface area contributed by atoms with Crippen LogP contribution in [0.1, 0.15) is 109 Å². The maximum atomic E-state index is 15.4. The lowest BCUT2D eigenvalue weighted by Gasteiger charge is -2.35. The maximum Gasteiger partial charge on any atom is 0.201 e. The molecule has 2 aliphatic carbocycles. The Balaban J connectivity index is 1.19. The van der Waals surface area contributed by atoms with E-state index >= 15 is 4.39 Å². The number of hydrogen-bond acceptors (Lipinski definition) is 1. The molecule has 0 amide bonds. The number of rotatable bonds is 13. The first-order chi connectivity index (χ1) is 21.5. The van der Waals surface area contributed by atoms with Crippen LogP contribution in [-0.4, -0.2) is 6.61 Å². The highest BCUT2D eigenvalue weighted by molar-refractivity contribution is 5.74. The summed E-state index contributed by atoms with van der Waals surface area (Å²) in [6.45, 7) is 4.82. The van der Waals surface area contributed by atoms with E-state index in [0.29, 0.717) is 17.7 Å². The van der Waals surface area contributed by atoms with E-state index in [0.717, 1.165) is 79.4 Å². The van der Waals surface area contributed by atoms with Crippen LogP contribution in [0.5, 0.6) is 5.75 Å². The molecule has 1 atom stereocenters. The van der Waals surface area contributed by atoms with Crippen LogP contribution >= 0.6 is 0 Å². The normalized spacial score (nSPS) is 20.4. The molecule has 4 heteroatoms. The van der Waals surface area contributed by atoms with Crippen molar-refractivity contribution in [2.75, 3.05) is 6.61 Å². The van der Waals surface area contributed by atoms with Gasteiger partial charge < -0.3 is 4.74 Å². The Morgan fingerprint density at radius 2 is 1.36 bits per heavy atom. The zero-order valence-corrected chi connectivity index (χ0v) is 26.7. The first-order valence-electron chi connectivity index (χ1n) is 17.2. The number of benzene rings is 3. The summed E-state index contributed by atoms with van der Waals surface area (Å²) in [4.78, 5) is 0. The molecule has 0 saturated heterocycles. The van der Waals surface area contributed by atoms with Gasteiger partial charge in [-0.3, -0.25) is 0 Å². The largest absolute Gasteiger partial charge is 0.490 e. The molecular formula is C40H49F3O. The maximum absolute atomic E-state index is 15.4. The molecule has 0 spiro atoms. The van der Waals surface area contributed by atoms with Crippen LogP contribution in [0.15, 0.2) is 60.7 Å². The highest BCUT2D eigenvalue weighted by atomic mass is 19.2. The van der Waals surface area contributed by atoms with Gasteiger partial charge >= 0.3 is 0 Å². The summed E-state index contributed by atoms with van der Waals surface area (Å²) in [7, 11) is 0. The van der Waals surface area contributed by atoms with Crippen LogP contribution in [0.4, 0.5) is 13.2 Å². The predicted octanol–water partition coefficient (Wildman–Crippen LogP) is 12.6. The lowest BCUT2D eigenvalue weighted by molar-refractivity contribution is 0.189. The minimum absolute atomic E-state index is 0.0490. The number of ether oxygens (including phenoxy) is 1. The van der Waals surface area contributed by atoms with E-state index in [1.165, 1.54) is 51.0 Å². The van der Waals surface area contributed by atoms with Gasteiger partial charge in [0.1, 0.15) is 5.82 Å². The van der Waals surface area contributed by atoms with Gasteiger partial charge in [-0.05, 0) is 96.7 Å². The average Bonchev–Trinajstić information content (AvgIpc) is 3.05. The number of unbranched alkanes of at least 4 members (excludes halogenated alkanes) is 4. The monoisotopic (exact) mass is 602 g/mol. The first-order valence-corrected chi connectivity index (χ1v) is 17.2. The second kappa shape index (κ2) is 15.8. The van der Waals surface area contributed by atoms with Crippen LogP contribution in [0.3, 0.4) is 0 Å². The molecule has 1 nitrogen and oxygen atoms in total. The summed E-state index contributed by atoms with van der Waals surface area (Å²) in [5, 5.41) is 0. The van der Waals surface area contributed by atoms with Crippen molar-refractivity contribution in [2.45, 2.75) is 104 Å². The molecule has 3 aromatic rings. The molecule has 0 aliphatic heterocycles. The van der Waals surface area contributed by atoms with E-state index in [1.807, 2.05) is 24.3 Å². The Morgan fingerprint density at radius 3 is 2.05 bits per heavy atom. The van der Waals surface area contributed by atoms with Crippen molar-refractivity contribution >= 4 is 5.57 Å². The second-order valence-corrected chi connectivity index (χ2v) is 13.1. The average molecular weight is 603 g/mol. The minimum Gasteiger partial charge on any atom is -0.490 e. The molecule has 5 rings (SSSR count). The third-order valence-electron chi connectivity index (χ3n) is 10.1. The molecule has 1 saturated carbocycles. The van der Waals surface area contributed by atoms with Gasteiger partial charge in [0.2, 0.25) is 5.82 Å². The van der Waals surface area contributed by atoms with Crippen molar-refractivity contribution in [1.29, 1.82) is 0 Å². The molecule has 1 fully saturated rings. The van der Waals surface area contributed by atoms with Crippen molar-refractivity contribution < 1.29 is 17.9 Å². The van der Waals surface area contributed by atoms with Crippen LogP contribution in [0, 0.1) is 35.2 Å². The van der Waals surface area contributed by atoms with Crippen LogP contribution in [0.25, 0.3) is 27.8 Å². The van der Waals surface area contributed by atoms with Crippen LogP contribution in [-0.2, 0) is 0 Å². The number of allylic oxidation sites excluding steroid dienone is 2. The quantitative estimate of drug-likeness (QED) is 0.177. The lowest BCUT2D eigenvalue weighted by Crippen LogP contribution is -2.23. The zero-order chi connectivity index (χ0) is 30.9. The van der Waals surface area contributed by atoms with Crippen molar-refractivity contribution in [3.63, 3.8) is 0 Å². The van der Waals surface area contributed by atoms with Crippen molar-refractivity contribution in [2.24, 2.45) is 17.8 Å². The molecule has 0 radical (unpaired) electrons. The Bertz CT molecular complexity index is 1380. The summed E-state index contributed by atoms with van der Waals surface area (Å²) in [5.74, 6) is 0.379. The van der Waals surface area contributed by atoms with Gasteiger partial charge in [0, 0.05) is 11.1 Å². The van der Waals surface area contributed by atoms with E-state index in [4.69, 9.17) is 4.74 Å². The molecule has 2 aliphatic rings. The van der Waals surface area contributed by atoms with E-state index in [1.54, 1.807) is 24.3 Å². The molecule has 0 heterocycles. The van der Waals surface area contributed by atoms with Gasteiger partial charge in [0.15, 0.2) is 11.6 Å².